The van der Waals surface area contributed by atoms with Crippen LogP contribution in [-0.4, -0.2) is 42.8 Å². The number of nitrogens with two attached hydrogens (primary N) is 1. The molecule has 1 aliphatic rings. The zero-order valence-corrected chi connectivity index (χ0v) is 9.11. The van der Waals surface area contributed by atoms with Gasteiger partial charge in [-0.2, -0.15) is 4.98 Å². The van der Waals surface area contributed by atoms with Gasteiger partial charge in [0.2, 0.25) is 0 Å². The van der Waals surface area contributed by atoms with Gasteiger partial charge in [0.25, 0.3) is 0 Å². The van der Waals surface area contributed by atoms with Gasteiger partial charge in [-0.15, -0.1) is 0 Å². The summed E-state index contributed by atoms with van der Waals surface area (Å²) >= 11 is 0. The lowest BCUT2D eigenvalue weighted by Gasteiger charge is -2.27. The summed E-state index contributed by atoms with van der Waals surface area (Å²) in [7, 11) is 0. The van der Waals surface area contributed by atoms with Gasteiger partial charge < -0.3 is 20.4 Å². The fraction of sp³-hybridized carbons (Fsp3) is 0.600. The number of hydrogen-bond donors (Lipinski definition) is 2. The van der Waals surface area contributed by atoms with E-state index in [0.717, 1.165) is 24.6 Å². The van der Waals surface area contributed by atoms with E-state index in [1.165, 1.54) is 0 Å². The summed E-state index contributed by atoms with van der Waals surface area (Å²) in [5.74, 6) is 0.718. The Morgan fingerprint density at radius 3 is 2.94 bits per heavy atom. The molecule has 6 heteroatoms. The van der Waals surface area contributed by atoms with Gasteiger partial charge in [0.15, 0.2) is 0 Å². The molecule has 0 radical (unpaired) electrons. The number of ether oxygens (including phenoxy) is 1. The van der Waals surface area contributed by atoms with Gasteiger partial charge in [0.1, 0.15) is 5.82 Å². The Labute approximate surface area is 93.4 Å². The summed E-state index contributed by atoms with van der Waals surface area (Å²) in [4.78, 5) is 20.1. The first-order valence-electron chi connectivity index (χ1n) is 5.42. The van der Waals surface area contributed by atoms with E-state index in [1.807, 2.05) is 6.07 Å². The van der Waals surface area contributed by atoms with Crippen LogP contribution in [0.3, 0.4) is 0 Å². The molecule has 3 N–H and O–H groups in total. The molecule has 0 atom stereocenters. The van der Waals surface area contributed by atoms with Crippen LogP contribution < -0.4 is 16.3 Å². The normalized spacial score (nSPS) is 16.4. The van der Waals surface area contributed by atoms with Crippen LogP contribution in [0.15, 0.2) is 10.9 Å². The van der Waals surface area contributed by atoms with E-state index >= 15 is 0 Å². The molecule has 1 aromatic heterocycles. The third kappa shape index (κ3) is 2.59. The maximum Gasteiger partial charge on any atom is 0.347 e. The van der Waals surface area contributed by atoms with E-state index in [0.29, 0.717) is 26.2 Å². The fourth-order valence-corrected chi connectivity index (χ4v) is 1.74. The summed E-state index contributed by atoms with van der Waals surface area (Å²) in [5, 5.41) is 0. The molecule has 6 nitrogen and oxygen atoms in total. The van der Waals surface area contributed by atoms with Gasteiger partial charge in [-0.05, 0) is 6.54 Å². The summed E-state index contributed by atoms with van der Waals surface area (Å²) in [5.41, 5.74) is 5.99. The first-order chi connectivity index (χ1) is 7.79. The van der Waals surface area contributed by atoms with Crippen LogP contribution in [0.2, 0.25) is 0 Å². The predicted molar refractivity (Wildman–Crippen MR) is 60.6 cm³/mol. The monoisotopic (exact) mass is 224 g/mol. The molecule has 0 spiro atoms. The lowest BCUT2D eigenvalue weighted by atomic mass is 10.3. The molecule has 88 valence electrons. The van der Waals surface area contributed by atoms with Crippen molar-refractivity contribution in [2.24, 2.45) is 5.73 Å². The van der Waals surface area contributed by atoms with Gasteiger partial charge in [-0.25, -0.2) is 4.79 Å². The molecular formula is C10H16N4O2. The first-order valence-corrected chi connectivity index (χ1v) is 5.42. The molecule has 16 heavy (non-hydrogen) atoms. The second kappa shape index (κ2) is 5.09. The van der Waals surface area contributed by atoms with E-state index in [-0.39, 0.29) is 5.69 Å². The summed E-state index contributed by atoms with van der Waals surface area (Å²) < 4.78 is 5.25. The minimum Gasteiger partial charge on any atom is -0.378 e. The number of rotatable bonds is 3. The Bertz CT molecular complexity index is 398. The van der Waals surface area contributed by atoms with Crippen molar-refractivity contribution in [1.29, 1.82) is 0 Å². The fourth-order valence-electron chi connectivity index (χ4n) is 1.74. The minimum atomic E-state index is -0.313. The highest BCUT2D eigenvalue weighted by molar-refractivity contribution is 5.39. The Hall–Kier alpha value is -1.40. The Balaban J connectivity index is 2.21. The number of anilines is 1. The molecule has 0 unspecified atom stereocenters. The second-order valence-electron chi connectivity index (χ2n) is 3.71. The molecule has 1 aliphatic heterocycles. The van der Waals surface area contributed by atoms with Crippen molar-refractivity contribution in [3.63, 3.8) is 0 Å². The highest BCUT2D eigenvalue weighted by Gasteiger charge is 2.13. The summed E-state index contributed by atoms with van der Waals surface area (Å²) in [6, 6.07) is 1.89. The van der Waals surface area contributed by atoms with E-state index in [4.69, 9.17) is 10.5 Å². The maximum absolute atomic E-state index is 11.4. The zero-order valence-electron chi connectivity index (χ0n) is 9.11. The first kappa shape index (κ1) is 11.1. The van der Waals surface area contributed by atoms with Crippen LogP contribution in [0.1, 0.15) is 5.69 Å². The number of hydrogen-bond acceptors (Lipinski definition) is 5. The Morgan fingerprint density at radius 1 is 1.50 bits per heavy atom. The molecule has 0 aromatic carbocycles. The third-order valence-corrected chi connectivity index (χ3v) is 2.54. The Kier molecular flexibility index (Phi) is 3.53. The number of H-pyrrole nitrogens is 1. The molecule has 1 fully saturated rings. The number of aromatic nitrogens is 2. The molecule has 1 aromatic rings. The molecule has 1 saturated heterocycles. The van der Waals surface area contributed by atoms with Gasteiger partial charge in [-0.1, -0.05) is 0 Å². The van der Waals surface area contributed by atoms with Crippen LogP contribution in [0.4, 0.5) is 5.82 Å². The largest absolute Gasteiger partial charge is 0.378 e. The summed E-state index contributed by atoms with van der Waals surface area (Å²) in [6.45, 7) is 3.43. The van der Waals surface area contributed by atoms with Gasteiger partial charge >= 0.3 is 5.69 Å². The molecule has 0 aliphatic carbocycles. The van der Waals surface area contributed by atoms with Crippen molar-refractivity contribution in [2.75, 3.05) is 37.7 Å². The van der Waals surface area contributed by atoms with E-state index in [1.54, 1.807) is 0 Å². The van der Waals surface area contributed by atoms with Crippen LogP contribution in [0.5, 0.6) is 0 Å². The number of morpholine rings is 1. The highest BCUT2D eigenvalue weighted by atomic mass is 16.5. The van der Waals surface area contributed by atoms with Crippen molar-refractivity contribution < 1.29 is 4.74 Å². The van der Waals surface area contributed by atoms with Gasteiger partial charge in [-0.3, -0.25) is 0 Å². The van der Waals surface area contributed by atoms with Crippen molar-refractivity contribution in [2.45, 2.75) is 6.42 Å². The van der Waals surface area contributed by atoms with Gasteiger partial charge in [0, 0.05) is 31.3 Å². The molecular weight excluding hydrogens is 208 g/mol. The number of aromatic amines is 1. The van der Waals surface area contributed by atoms with E-state index < -0.39 is 0 Å². The second-order valence-corrected chi connectivity index (χ2v) is 3.71. The van der Waals surface area contributed by atoms with E-state index in [2.05, 4.69) is 14.9 Å². The smallest absolute Gasteiger partial charge is 0.347 e. The SMILES string of the molecule is NCCc1cc(N2CCOCC2)nc(=O)[nH]1. The maximum atomic E-state index is 11.4. The molecule has 0 amide bonds. The van der Waals surface area contributed by atoms with Crippen LogP contribution in [-0.2, 0) is 11.2 Å². The zero-order chi connectivity index (χ0) is 11.4. The Morgan fingerprint density at radius 2 is 2.25 bits per heavy atom. The summed E-state index contributed by atoms with van der Waals surface area (Å²) in [6.07, 6.45) is 0.662. The molecule has 2 heterocycles. The average molecular weight is 224 g/mol. The van der Waals surface area contributed by atoms with Crippen LogP contribution in [0, 0.1) is 0 Å². The third-order valence-electron chi connectivity index (χ3n) is 2.54. The molecule has 2 rings (SSSR count). The quantitative estimate of drug-likeness (QED) is 0.695. The lowest BCUT2D eigenvalue weighted by molar-refractivity contribution is 0.122. The topological polar surface area (TPSA) is 84.2 Å². The van der Waals surface area contributed by atoms with E-state index in [9.17, 15) is 4.79 Å². The van der Waals surface area contributed by atoms with Crippen molar-refractivity contribution in [1.82, 2.24) is 9.97 Å². The van der Waals surface area contributed by atoms with Crippen LogP contribution >= 0.6 is 0 Å². The lowest BCUT2D eigenvalue weighted by Crippen LogP contribution is -2.38. The number of nitrogens with zero attached hydrogens (tertiary/aromatic N) is 2. The van der Waals surface area contributed by atoms with Crippen molar-refractivity contribution in [3.05, 3.63) is 22.2 Å². The van der Waals surface area contributed by atoms with Crippen molar-refractivity contribution in [3.8, 4) is 0 Å². The van der Waals surface area contributed by atoms with Crippen LogP contribution in [0.25, 0.3) is 0 Å². The van der Waals surface area contributed by atoms with Crippen molar-refractivity contribution >= 4 is 5.82 Å². The molecule has 0 bridgehead atoms. The standard InChI is InChI=1S/C10H16N4O2/c11-2-1-8-7-9(13-10(15)12-8)14-3-5-16-6-4-14/h7H,1-6,11H2,(H,12,13,15). The predicted octanol–water partition coefficient (Wildman–Crippen LogP) is -0.892. The molecule has 0 saturated carbocycles. The van der Waals surface area contributed by atoms with Gasteiger partial charge in [0.05, 0.1) is 13.2 Å². The minimum absolute atomic E-state index is 0.313. The highest BCUT2D eigenvalue weighted by Crippen LogP contribution is 2.11. The number of nitrogens with one attached hydrogen (secondary N) is 1. The average Bonchev–Trinajstić information content (AvgIpc) is 2.30.